The molecule has 2 rings (SSSR count). The molecule has 0 spiro atoms. The monoisotopic (exact) mass is 263 g/mol. The minimum atomic E-state index is 0.235. The van der Waals surface area contributed by atoms with Gasteiger partial charge >= 0.3 is 0 Å². The van der Waals surface area contributed by atoms with Crippen LogP contribution in [0.4, 0.5) is 5.82 Å². The maximum atomic E-state index is 5.48. The van der Waals surface area contributed by atoms with E-state index in [9.17, 15) is 0 Å². The first kappa shape index (κ1) is 12.8. The summed E-state index contributed by atoms with van der Waals surface area (Å²) in [6, 6.07) is 6.23. The standard InChI is InChI=1S/C13H17N3OS/c1-3-6-17-13-8-12(14-9-15-13)16-10(2)11-5-4-7-18-11/h4-5,7-10H,3,6H2,1-2H3,(H,14,15,16). The fraction of sp³-hybridized carbons (Fsp3) is 0.385. The molecule has 0 aliphatic rings. The molecule has 2 aromatic heterocycles. The van der Waals surface area contributed by atoms with Crippen molar-refractivity contribution < 1.29 is 4.74 Å². The molecule has 0 saturated heterocycles. The minimum Gasteiger partial charge on any atom is -0.478 e. The Labute approximate surface area is 111 Å². The van der Waals surface area contributed by atoms with Crippen molar-refractivity contribution in [1.29, 1.82) is 0 Å². The molecule has 0 radical (unpaired) electrons. The first-order valence-electron chi connectivity index (χ1n) is 6.04. The fourth-order valence-electron chi connectivity index (χ4n) is 1.53. The summed E-state index contributed by atoms with van der Waals surface area (Å²) in [6.07, 6.45) is 2.49. The number of nitrogens with zero attached hydrogens (tertiary/aromatic N) is 2. The van der Waals surface area contributed by atoms with Crippen LogP contribution in [0.1, 0.15) is 31.2 Å². The van der Waals surface area contributed by atoms with Gasteiger partial charge in [0.2, 0.25) is 5.88 Å². The highest BCUT2D eigenvalue weighted by Gasteiger charge is 2.07. The van der Waals surface area contributed by atoms with E-state index in [1.165, 1.54) is 11.2 Å². The number of aromatic nitrogens is 2. The Balaban J connectivity index is 2.00. The summed E-state index contributed by atoms with van der Waals surface area (Å²) >= 11 is 1.73. The van der Waals surface area contributed by atoms with E-state index in [-0.39, 0.29) is 6.04 Å². The van der Waals surface area contributed by atoms with E-state index in [4.69, 9.17) is 4.74 Å². The number of rotatable bonds is 6. The maximum Gasteiger partial charge on any atom is 0.218 e. The normalized spacial score (nSPS) is 12.1. The van der Waals surface area contributed by atoms with Gasteiger partial charge in [0, 0.05) is 10.9 Å². The summed E-state index contributed by atoms with van der Waals surface area (Å²) in [7, 11) is 0. The average molecular weight is 263 g/mol. The van der Waals surface area contributed by atoms with Crippen LogP contribution in [0.3, 0.4) is 0 Å². The second kappa shape index (κ2) is 6.35. The fourth-order valence-corrected chi connectivity index (χ4v) is 2.27. The van der Waals surface area contributed by atoms with Crippen molar-refractivity contribution in [3.05, 3.63) is 34.8 Å². The Bertz CT molecular complexity index is 473. The maximum absolute atomic E-state index is 5.48. The number of hydrogen-bond donors (Lipinski definition) is 1. The lowest BCUT2D eigenvalue weighted by Crippen LogP contribution is -2.07. The van der Waals surface area contributed by atoms with Crippen LogP contribution < -0.4 is 10.1 Å². The summed E-state index contributed by atoms with van der Waals surface area (Å²) in [5.41, 5.74) is 0. The molecule has 4 nitrogen and oxygen atoms in total. The zero-order valence-electron chi connectivity index (χ0n) is 10.6. The third-order valence-corrected chi connectivity index (χ3v) is 3.49. The van der Waals surface area contributed by atoms with Gasteiger partial charge in [0.15, 0.2) is 0 Å². The first-order valence-corrected chi connectivity index (χ1v) is 6.92. The number of ether oxygens (including phenoxy) is 1. The largest absolute Gasteiger partial charge is 0.478 e. The predicted molar refractivity (Wildman–Crippen MR) is 74.2 cm³/mol. The Morgan fingerprint density at radius 1 is 1.44 bits per heavy atom. The van der Waals surface area contributed by atoms with Gasteiger partial charge in [0.25, 0.3) is 0 Å². The Morgan fingerprint density at radius 3 is 3.06 bits per heavy atom. The molecule has 0 bridgehead atoms. The second-order valence-electron chi connectivity index (χ2n) is 3.97. The molecule has 96 valence electrons. The third kappa shape index (κ3) is 3.43. The van der Waals surface area contributed by atoms with Crippen LogP contribution in [0.25, 0.3) is 0 Å². The third-order valence-electron chi connectivity index (χ3n) is 2.43. The lowest BCUT2D eigenvalue weighted by Gasteiger charge is -2.13. The minimum absolute atomic E-state index is 0.235. The van der Waals surface area contributed by atoms with Gasteiger partial charge in [0.05, 0.1) is 12.6 Å². The molecule has 0 aliphatic heterocycles. The van der Waals surface area contributed by atoms with Crippen LogP contribution in [0.5, 0.6) is 5.88 Å². The van der Waals surface area contributed by atoms with Gasteiger partial charge in [-0.1, -0.05) is 13.0 Å². The topological polar surface area (TPSA) is 47.0 Å². The molecule has 0 aromatic carbocycles. The van der Waals surface area contributed by atoms with Crippen LogP contribution in [0, 0.1) is 0 Å². The highest BCUT2D eigenvalue weighted by atomic mass is 32.1. The molecule has 0 saturated carbocycles. The van der Waals surface area contributed by atoms with Crippen LogP contribution in [0.2, 0.25) is 0 Å². The van der Waals surface area contributed by atoms with Crippen LogP contribution in [-0.2, 0) is 0 Å². The van der Waals surface area contributed by atoms with Crippen LogP contribution in [-0.4, -0.2) is 16.6 Å². The first-order chi connectivity index (χ1) is 8.79. The second-order valence-corrected chi connectivity index (χ2v) is 4.95. The van der Waals surface area contributed by atoms with Gasteiger partial charge in [-0.05, 0) is 24.8 Å². The van der Waals surface area contributed by atoms with E-state index in [2.05, 4.69) is 40.6 Å². The molecular weight excluding hydrogens is 246 g/mol. The van der Waals surface area contributed by atoms with E-state index in [1.807, 2.05) is 12.1 Å². The van der Waals surface area contributed by atoms with Crippen molar-refractivity contribution in [2.45, 2.75) is 26.3 Å². The lowest BCUT2D eigenvalue weighted by atomic mass is 10.3. The summed E-state index contributed by atoms with van der Waals surface area (Å²) in [5.74, 6) is 1.41. The average Bonchev–Trinajstić information content (AvgIpc) is 2.91. The zero-order chi connectivity index (χ0) is 12.8. The molecule has 18 heavy (non-hydrogen) atoms. The van der Waals surface area contributed by atoms with Gasteiger partial charge in [-0.25, -0.2) is 9.97 Å². The smallest absolute Gasteiger partial charge is 0.218 e. The van der Waals surface area contributed by atoms with E-state index >= 15 is 0 Å². The van der Waals surface area contributed by atoms with E-state index in [0.29, 0.717) is 12.5 Å². The Hall–Kier alpha value is -1.62. The van der Waals surface area contributed by atoms with Crippen molar-refractivity contribution in [3.8, 4) is 5.88 Å². The number of thiophene rings is 1. The van der Waals surface area contributed by atoms with Gasteiger partial charge in [-0.3, -0.25) is 0 Å². The van der Waals surface area contributed by atoms with Gasteiger partial charge in [0.1, 0.15) is 12.1 Å². The van der Waals surface area contributed by atoms with Crippen molar-refractivity contribution in [2.75, 3.05) is 11.9 Å². The molecule has 2 heterocycles. The van der Waals surface area contributed by atoms with Crippen LogP contribution in [0.15, 0.2) is 29.9 Å². The molecule has 0 amide bonds. The SMILES string of the molecule is CCCOc1cc(NC(C)c2cccs2)ncn1. The molecule has 0 fully saturated rings. The summed E-state index contributed by atoms with van der Waals surface area (Å²) < 4.78 is 5.48. The van der Waals surface area contributed by atoms with E-state index in [1.54, 1.807) is 11.3 Å². The predicted octanol–water partition coefficient (Wildman–Crippen LogP) is 3.50. The number of anilines is 1. The Kier molecular flexibility index (Phi) is 4.52. The van der Waals surface area contributed by atoms with Gasteiger partial charge in [-0.2, -0.15) is 0 Å². The van der Waals surface area contributed by atoms with Crippen molar-refractivity contribution in [3.63, 3.8) is 0 Å². The molecule has 0 aliphatic carbocycles. The summed E-state index contributed by atoms with van der Waals surface area (Å²) in [6.45, 7) is 4.86. The highest BCUT2D eigenvalue weighted by molar-refractivity contribution is 7.10. The van der Waals surface area contributed by atoms with Crippen LogP contribution >= 0.6 is 11.3 Å². The molecule has 1 unspecified atom stereocenters. The van der Waals surface area contributed by atoms with E-state index in [0.717, 1.165) is 12.2 Å². The van der Waals surface area contributed by atoms with Crippen molar-refractivity contribution >= 4 is 17.2 Å². The molecule has 5 heteroatoms. The quantitative estimate of drug-likeness (QED) is 0.866. The Morgan fingerprint density at radius 2 is 2.33 bits per heavy atom. The lowest BCUT2D eigenvalue weighted by molar-refractivity contribution is 0.305. The van der Waals surface area contributed by atoms with Crippen molar-refractivity contribution in [1.82, 2.24) is 9.97 Å². The number of nitrogens with one attached hydrogen (secondary N) is 1. The molecule has 1 atom stereocenters. The van der Waals surface area contributed by atoms with Gasteiger partial charge < -0.3 is 10.1 Å². The highest BCUT2D eigenvalue weighted by Crippen LogP contribution is 2.22. The number of hydrogen-bond acceptors (Lipinski definition) is 5. The molecule has 2 aromatic rings. The molecular formula is C13H17N3OS. The van der Waals surface area contributed by atoms with E-state index < -0.39 is 0 Å². The summed E-state index contributed by atoms with van der Waals surface area (Å²) in [5, 5.41) is 5.41. The zero-order valence-corrected chi connectivity index (χ0v) is 11.4. The van der Waals surface area contributed by atoms with Gasteiger partial charge in [-0.15, -0.1) is 11.3 Å². The molecule has 1 N–H and O–H groups in total. The summed E-state index contributed by atoms with van der Waals surface area (Å²) in [4.78, 5) is 9.56. The van der Waals surface area contributed by atoms with Crippen molar-refractivity contribution in [2.24, 2.45) is 0 Å².